The highest BCUT2D eigenvalue weighted by molar-refractivity contribution is 9.10. The van der Waals surface area contributed by atoms with Crippen LogP contribution >= 0.6 is 15.9 Å². The molecule has 0 aliphatic carbocycles. The number of unbranched alkanes of at least 4 members (excludes halogenated alkanes) is 4. The van der Waals surface area contributed by atoms with Crippen molar-refractivity contribution in [3.8, 4) is 0 Å². The summed E-state index contributed by atoms with van der Waals surface area (Å²) in [5, 5.41) is 3.69. The smallest absolute Gasteiger partial charge is 0.0294 e. The summed E-state index contributed by atoms with van der Waals surface area (Å²) in [4.78, 5) is 0. The molecular formula is C17H28BrN. The van der Waals surface area contributed by atoms with Gasteiger partial charge in [0.2, 0.25) is 0 Å². The Labute approximate surface area is 127 Å². The Morgan fingerprint density at radius 1 is 1.11 bits per heavy atom. The fourth-order valence-corrected chi connectivity index (χ4v) is 2.85. The molecule has 0 aromatic heterocycles. The van der Waals surface area contributed by atoms with Gasteiger partial charge in [0.25, 0.3) is 0 Å². The first-order chi connectivity index (χ1) is 9.13. The Balaban J connectivity index is 2.26. The summed E-state index contributed by atoms with van der Waals surface area (Å²) in [6, 6.07) is 9.58. The maximum absolute atomic E-state index is 3.69. The van der Waals surface area contributed by atoms with Crippen LogP contribution < -0.4 is 5.32 Å². The molecule has 0 fully saturated rings. The van der Waals surface area contributed by atoms with Gasteiger partial charge in [0, 0.05) is 16.6 Å². The van der Waals surface area contributed by atoms with Gasteiger partial charge in [-0.1, -0.05) is 67.1 Å². The second kappa shape index (κ2) is 9.55. The van der Waals surface area contributed by atoms with Crippen molar-refractivity contribution in [2.75, 3.05) is 0 Å². The normalized spacial score (nSPS) is 14.3. The first-order valence-electron chi connectivity index (χ1n) is 7.65. The fourth-order valence-electron chi connectivity index (χ4n) is 2.44. The number of benzene rings is 1. The fraction of sp³-hybridized carbons (Fsp3) is 0.647. The predicted molar refractivity (Wildman–Crippen MR) is 88.5 cm³/mol. The highest BCUT2D eigenvalue weighted by Crippen LogP contribution is 2.19. The van der Waals surface area contributed by atoms with Gasteiger partial charge in [-0.25, -0.2) is 0 Å². The lowest BCUT2D eigenvalue weighted by molar-refractivity contribution is 0.436. The molecule has 0 aliphatic heterocycles. The molecule has 1 aromatic rings. The quantitative estimate of drug-likeness (QED) is 0.561. The molecular weight excluding hydrogens is 298 g/mol. The third-order valence-corrected chi connectivity index (χ3v) is 4.12. The minimum atomic E-state index is 0.420. The molecule has 1 aromatic carbocycles. The van der Waals surface area contributed by atoms with Crippen LogP contribution in [0.4, 0.5) is 0 Å². The van der Waals surface area contributed by atoms with Crippen LogP contribution in [0.25, 0.3) is 0 Å². The van der Waals surface area contributed by atoms with Gasteiger partial charge in [0.15, 0.2) is 0 Å². The van der Waals surface area contributed by atoms with Crippen LogP contribution in [0.1, 0.15) is 70.9 Å². The third kappa shape index (κ3) is 7.12. The van der Waals surface area contributed by atoms with E-state index in [9.17, 15) is 0 Å². The molecule has 0 aliphatic rings. The van der Waals surface area contributed by atoms with Gasteiger partial charge in [-0.2, -0.15) is 0 Å². The topological polar surface area (TPSA) is 12.0 Å². The van der Waals surface area contributed by atoms with Gasteiger partial charge in [-0.05, 0) is 38.0 Å². The predicted octanol–water partition coefficient (Wildman–Crippen LogP) is 5.85. The third-order valence-electron chi connectivity index (χ3n) is 3.62. The summed E-state index contributed by atoms with van der Waals surface area (Å²) < 4.78 is 1.16. The molecule has 1 unspecified atom stereocenters. The lowest BCUT2D eigenvalue weighted by Crippen LogP contribution is -2.28. The van der Waals surface area contributed by atoms with Gasteiger partial charge >= 0.3 is 0 Å². The minimum absolute atomic E-state index is 0.420. The molecule has 0 saturated carbocycles. The van der Waals surface area contributed by atoms with E-state index >= 15 is 0 Å². The van der Waals surface area contributed by atoms with Gasteiger partial charge < -0.3 is 5.32 Å². The largest absolute Gasteiger partial charge is 0.308 e. The van der Waals surface area contributed by atoms with E-state index in [-0.39, 0.29) is 0 Å². The van der Waals surface area contributed by atoms with Crippen molar-refractivity contribution in [3.63, 3.8) is 0 Å². The van der Waals surface area contributed by atoms with Crippen LogP contribution in [-0.2, 0) is 0 Å². The van der Waals surface area contributed by atoms with Gasteiger partial charge in [-0.3, -0.25) is 0 Å². The van der Waals surface area contributed by atoms with Crippen LogP contribution in [0, 0.1) is 0 Å². The van der Waals surface area contributed by atoms with E-state index in [2.05, 4.69) is 66.3 Å². The van der Waals surface area contributed by atoms with Gasteiger partial charge in [-0.15, -0.1) is 0 Å². The highest BCUT2D eigenvalue weighted by atomic mass is 79.9. The molecule has 0 amide bonds. The average molecular weight is 326 g/mol. The van der Waals surface area contributed by atoms with E-state index in [0.717, 1.165) is 4.47 Å². The zero-order chi connectivity index (χ0) is 14.1. The second-order valence-corrected chi connectivity index (χ2v) is 6.46. The highest BCUT2D eigenvalue weighted by Gasteiger charge is 2.09. The zero-order valence-electron chi connectivity index (χ0n) is 12.6. The van der Waals surface area contributed by atoms with Crippen molar-refractivity contribution in [3.05, 3.63) is 34.3 Å². The van der Waals surface area contributed by atoms with E-state index in [4.69, 9.17) is 0 Å². The molecule has 2 atom stereocenters. The Morgan fingerprint density at radius 3 is 2.53 bits per heavy atom. The maximum atomic E-state index is 3.69. The Hall–Kier alpha value is -0.340. The SMILES string of the molecule is CCCCCCCC(C)N[C@@H](C)c1cccc(Br)c1. The first kappa shape index (κ1) is 16.7. The van der Waals surface area contributed by atoms with E-state index in [0.29, 0.717) is 12.1 Å². The van der Waals surface area contributed by atoms with E-state index in [1.54, 1.807) is 0 Å². The number of nitrogens with one attached hydrogen (secondary N) is 1. The van der Waals surface area contributed by atoms with Gasteiger partial charge in [0.05, 0.1) is 0 Å². The van der Waals surface area contributed by atoms with Crippen molar-refractivity contribution in [1.82, 2.24) is 5.32 Å². The summed E-state index contributed by atoms with van der Waals surface area (Å²) in [5.74, 6) is 0. The minimum Gasteiger partial charge on any atom is -0.308 e. The van der Waals surface area contributed by atoms with Crippen molar-refractivity contribution in [1.29, 1.82) is 0 Å². The van der Waals surface area contributed by atoms with E-state index in [1.165, 1.54) is 44.1 Å². The summed E-state index contributed by atoms with van der Waals surface area (Å²) in [6.45, 7) is 6.81. The molecule has 2 heteroatoms. The molecule has 0 bridgehead atoms. The van der Waals surface area contributed by atoms with E-state index < -0.39 is 0 Å². The standard InChI is InChI=1S/C17H28BrN/c1-4-5-6-7-8-10-14(2)19-15(3)16-11-9-12-17(18)13-16/h9,11-15,19H,4-8,10H2,1-3H3/t14?,15-/m0/s1. The Morgan fingerprint density at radius 2 is 1.84 bits per heavy atom. The zero-order valence-corrected chi connectivity index (χ0v) is 14.2. The van der Waals surface area contributed by atoms with Crippen LogP contribution in [0.15, 0.2) is 28.7 Å². The maximum Gasteiger partial charge on any atom is 0.0294 e. The van der Waals surface area contributed by atoms with E-state index in [1.807, 2.05) is 0 Å². The second-order valence-electron chi connectivity index (χ2n) is 5.55. The number of hydrogen-bond acceptors (Lipinski definition) is 1. The molecule has 19 heavy (non-hydrogen) atoms. The number of rotatable bonds is 9. The molecule has 0 heterocycles. The van der Waals surface area contributed by atoms with Crippen molar-refractivity contribution >= 4 is 15.9 Å². The number of hydrogen-bond donors (Lipinski definition) is 1. The molecule has 1 N–H and O–H groups in total. The molecule has 0 radical (unpaired) electrons. The molecule has 0 spiro atoms. The first-order valence-corrected chi connectivity index (χ1v) is 8.44. The van der Waals surface area contributed by atoms with Crippen LogP contribution in [0.5, 0.6) is 0 Å². The summed E-state index contributed by atoms with van der Waals surface area (Å²) in [6.07, 6.45) is 8.11. The number of halogens is 1. The Kier molecular flexibility index (Phi) is 8.40. The van der Waals surface area contributed by atoms with Crippen molar-refractivity contribution < 1.29 is 0 Å². The van der Waals surface area contributed by atoms with Crippen molar-refractivity contribution in [2.24, 2.45) is 0 Å². The van der Waals surface area contributed by atoms with Crippen molar-refractivity contribution in [2.45, 2.75) is 71.4 Å². The molecule has 1 nitrogen and oxygen atoms in total. The molecule has 1 rings (SSSR count). The summed E-state index contributed by atoms with van der Waals surface area (Å²) in [5.41, 5.74) is 1.35. The summed E-state index contributed by atoms with van der Waals surface area (Å²) >= 11 is 3.53. The van der Waals surface area contributed by atoms with Gasteiger partial charge in [0.1, 0.15) is 0 Å². The lowest BCUT2D eigenvalue weighted by Gasteiger charge is -2.20. The molecule has 0 saturated heterocycles. The van der Waals surface area contributed by atoms with Crippen LogP contribution in [0.3, 0.4) is 0 Å². The van der Waals surface area contributed by atoms with Crippen LogP contribution in [-0.4, -0.2) is 6.04 Å². The average Bonchev–Trinajstić information content (AvgIpc) is 2.38. The summed E-state index contributed by atoms with van der Waals surface area (Å²) in [7, 11) is 0. The Bertz CT molecular complexity index is 351. The van der Waals surface area contributed by atoms with Crippen LogP contribution in [0.2, 0.25) is 0 Å². The monoisotopic (exact) mass is 325 g/mol. The molecule has 108 valence electrons. The lowest BCUT2D eigenvalue weighted by atomic mass is 10.0.